The SMILES string of the molecule is Cc1cccc(C(F)CN)c1F. The number of hydrogen-bond acceptors (Lipinski definition) is 1. The Morgan fingerprint density at radius 2 is 2.17 bits per heavy atom. The Kier molecular flexibility index (Phi) is 2.76. The van der Waals surface area contributed by atoms with Gasteiger partial charge in [-0.15, -0.1) is 0 Å². The minimum atomic E-state index is -1.40. The summed E-state index contributed by atoms with van der Waals surface area (Å²) in [4.78, 5) is 0. The topological polar surface area (TPSA) is 26.0 Å². The standard InChI is InChI=1S/C9H11F2N/c1-6-3-2-4-7(9(6)11)8(10)5-12/h2-4,8H,5,12H2,1H3. The summed E-state index contributed by atoms with van der Waals surface area (Å²) in [6, 6.07) is 4.64. The molecule has 66 valence electrons. The van der Waals surface area contributed by atoms with Crippen LogP contribution >= 0.6 is 0 Å². The molecule has 0 spiro atoms. The van der Waals surface area contributed by atoms with Gasteiger partial charge in [0.2, 0.25) is 0 Å². The molecular weight excluding hydrogens is 160 g/mol. The number of aryl methyl sites for hydroxylation is 1. The molecule has 0 aliphatic heterocycles. The van der Waals surface area contributed by atoms with Gasteiger partial charge in [-0.2, -0.15) is 0 Å². The van der Waals surface area contributed by atoms with E-state index in [0.717, 1.165) is 0 Å². The molecule has 0 bridgehead atoms. The number of nitrogens with two attached hydrogens (primary N) is 1. The molecule has 0 aliphatic carbocycles. The predicted octanol–water partition coefficient (Wildman–Crippen LogP) is 2.10. The molecule has 0 saturated carbocycles. The van der Waals surface area contributed by atoms with E-state index < -0.39 is 12.0 Å². The Bertz CT molecular complexity index is 273. The van der Waals surface area contributed by atoms with Gasteiger partial charge in [-0.05, 0) is 12.5 Å². The maximum absolute atomic E-state index is 13.1. The van der Waals surface area contributed by atoms with Crippen molar-refractivity contribution in [1.29, 1.82) is 0 Å². The van der Waals surface area contributed by atoms with E-state index in [4.69, 9.17) is 5.73 Å². The van der Waals surface area contributed by atoms with Crippen molar-refractivity contribution in [2.45, 2.75) is 13.1 Å². The third-order valence-corrected chi connectivity index (χ3v) is 1.77. The Labute approximate surface area is 70.2 Å². The Hall–Kier alpha value is -0.960. The zero-order valence-corrected chi connectivity index (χ0v) is 6.85. The van der Waals surface area contributed by atoms with Gasteiger partial charge < -0.3 is 5.73 Å². The number of rotatable bonds is 2. The van der Waals surface area contributed by atoms with Gasteiger partial charge in [0, 0.05) is 12.1 Å². The van der Waals surface area contributed by atoms with E-state index in [2.05, 4.69) is 0 Å². The molecule has 0 saturated heterocycles. The first kappa shape index (κ1) is 9.13. The summed E-state index contributed by atoms with van der Waals surface area (Å²) in [5, 5.41) is 0. The van der Waals surface area contributed by atoms with E-state index in [1.807, 2.05) is 0 Å². The fourth-order valence-corrected chi connectivity index (χ4v) is 1.04. The minimum absolute atomic E-state index is 0.0532. The molecule has 1 aromatic rings. The number of halogens is 2. The monoisotopic (exact) mass is 171 g/mol. The van der Waals surface area contributed by atoms with E-state index in [-0.39, 0.29) is 12.1 Å². The van der Waals surface area contributed by atoms with Gasteiger partial charge in [0.1, 0.15) is 12.0 Å². The zero-order valence-electron chi connectivity index (χ0n) is 6.85. The lowest BCUT2D eigenvalue weighted by Crippen LogP contribution is -2.09. The highest BCUT2D eigenvalue weighted by atomic mass is 19.1. The number of benzene rings is 1. The molecule has 12 heavy (non-hydrogen) atoms. The van der Waals surface area contributed by atoms with Crippen LogP contribution in [0.5, 0.6) is 0 Å². The van der Waals surface area contributed by atoms with Crippen LogP contribution in [-0.4, -0.2) is 6.54 Å². The number of alkyl halides is 1. The molecule has 0 heterocycles. The van der Waals surface area contributed by atoms with Gasteiger partial charge in [-0.3, -0.25) is 0 Å². The lowest BCUT2D eigenvalue weighted by atomic mass is 10.1. The van der Waals surface area contributed by atoms with Crippen molar-refractivity contribution in [3.8, 4) is 0 Å². The Morgan fingerprint density at radius 1 is 1.50 bits per heavy atom. The quantitative estimate of drug-likeness (QED) is 0.724. The van der Waals surface area contributed by atoms with Crippen LogP contribution in [0.2, 0.25) is 0 Å². The maximum atomic E-state index is 13.1. The molecule has 3 heteroatoms. The van der Waals surface area contributed by atoms with Crippen molar-refractivity contribution in [2.24, 2.45) is 5.73 Å². The summed E-state index contributed by atoms with van der Waals surface area (Å²) in [6.45, 7) is 1.42. The fraction of sp³-hybridized carbons (Fsp3) is 0.333. The minimum Gasteiger partial charge on any atom is -0.327 e. The molecule has 0 amide bonds. The summed E-state index contributed by atoms with van der Waals surface area (Å²) >= 11 is 0. The number of hydrogen-bond donors (Lipinski definition) is 1. The van der Waals surface area contributed by atoms with Gasteiger partial charge in [0.15, 0.2) is 0 Å². The third-order valence-electron chi connectivity index (χ3n) is 1.77. The van der Waals surface area contributed by atoms with Gasteiger partial charge in [0.05, 0.1) is 0 Å². The third kappa shape index (κ3) is 1.61. The van der Waals surface area contributed by atoms with Crippen LogP contribution in [0.15, 0.2) is 18.2 Å². The van der Waals surface area contributed by atoms with Crippen LogP contribution < -0.4 is 5.73 Å². The summed E-state index contributed by atoms with van der Waals surface area (Å²) in [6.07, 6.45) is -1.40. The first-order chi connectivity index (χ1) is 5.66. The molecule has 1 aromatic carbocycles. The summed E-state index contributed by atoms with van der Waals surface area (Å²) in [5.74, 6) is -0.490. The van der Waals surface area contributed by atoms with Crippen LogP contribution in [0.25, 0.3) is 0 Å². The van der Waals surface area contributed by atoms with Crippen LogP contribution in [0, 0.1) is 12.7 Å². The van der Waals surface area contributed by atoms with Crippen molar-refractivity contribution >= 4 is 0 Å². The smallest absolute Gasteiger partial charge is 0.140 e. The zero-order chi connectivity index (χ0) is 9.14. The Balaban J connectivity index is 3.07. The van der Waals surface area contributed by atoms with E-state index in [1.54, 1.807) is 19.1 Å². The van der Waals surface area contributed by atoms with Crippen molar-refractivity contribution in [3.05, 3.63) is 35.1 Å². The molecule has 1 atom stereocenters. The van der Waals surface area contributed by atoms with Crippen molar-refractivity contribution in [3.63, 3.8) is 0 Å². The van der Waals surface area contributed by atoms with Crippen LogP contribution in [0.3, 0.4) is 0 Å². The predicted molar refractivity (Wildman–Crippen MR) is 44.0 cm³/mol. The van der Waals surface area contributed by atoms with Gasteiger partial charge in [0.25, 0.3) is 0 Å². The molecule has 1 rings (SSSR count). The largest absolute Gasteiger partial charge is 0.327 e. The average molecular weight is 171 g/mol. The molecule has 0 aromatic heterocycles. The molecular formula is C9H11F2N. The average Bonchev–Trinajstić information content (AvgIpc) is 2.08. The molecule has 2 N–H and O–H groups in total. The van der Waals surface area contributed by atoms with E-state index in [1.165, 1.54) is 6.07 Å². The van der Waals surface area contributed by atoms with Gasteiger partial charge in [-0.1, -0.05) is 18.2 Å². The van der Waals surface area contributed by atoms with Crippen molar-refractivity contribution < 1.29 is 8.78 Å². The van der Waals surface area contributed by atoms with E-state index >= 15 is 0 Å². The lowest BCUT2D eigenvalue weighted by molar-refractivity contribution is 0.341. The molecule has 1 unspecified atom stereocenters. The first-order valence-corrected chi connectivity index (χ1v) is 3.76. The van der Waals surface area contributed by atoms with Gasteiger partial charge in [-0.25, -0.2) is 8.78 Å². The molecule has 0 fully saturated rings. The summed E-state index contributed by atoms with van der Waals surface area (Å²) < 4.78 is 26.1. The second kappa shape index (κ2) is 3.63. The second-order valence-electron chi connectivity index (χ2n) is 2.68. The normalized spacial score (nSPS) is 13.0. The van der Waals surface area contributed by atoms with Crippen molar-refractivity contribution in [2.75, 3.05) is 6.54 Å². The fourth-order valence-electron chi connectivity index (χ4n) is 1.04. The summed E-state index contributed by atoms with van der Waals surface area (Å²) in [5.41, 5.74) is 5.58. The molecule has 1 nitrogen and oxygen atoms in total. The molecule has 0 radical (unpaired) electrons. The maximum Gasteiger partial charge on any atom is 0.140 e. The van der Waals surface area contributed by atoms with E-state index in [9.17, 15) is 8.78 Å². The van der Waals surface area contributed by atoms with Crippen LogP contribution in [0.1, 0.15) is 17.3 Å². The van der Waals surface area contributed by atoms with Crippen LogP contribution in [-0.2, 0) is 0 Å². The van der Waals surface area contributed by atoms with Crippen molar-refractivity contribution in [1.82, 2.24) is 0 Å². The molecule has 0 aliphatic rings. The summed E-state index contributed by atoms with van der Waals surface area (Å²) in [7, 11) is 0. The second-order valence-corrected chi connectivity index (χ2v) is 2.68. The Morgan fingerprint density at radius 3 is 2.75 bits per heavy atom. The highest BCUT2D eigenvalue weighted by Crippen LogP contribution is 2.21. The lowest BCUT2D eigenvalue weighted by Gasteiger charge is -2.07. The van der Waals surface area contributed by atoms with E-state index in [0.29, 0.717) is 5.56 Å². The highest BCUT2D eigenvalue weighted by molar-refractivity contribution is 5.26. The highest BCUT2D eigenvalue weighted by Gasteiger charge is 2.13. The van der Waals surface area contributed by atoms with Gasteiger partial charge >= 0.3 is 0 Å². The first-order valence-electron chi connectivity index (χ1n) is 3.76. The van der Waals surface area contributed by atoms with Crippen LogP contribution in [0.4, 0.5) is 8.78 Å².